The first-order chi connectivity index (χ1) is 18.3. The van der Waals surface area contributed by atoms with Gasteiger partial charge in [-0.1, -0.05) is 30.3 Å². The normalized spacial score (nSPS) is 15.4. The standard InChI is InChI=1S/C28H31N3O6S/c1-21-8-10-25(35-2)27(16-21)38(33,34)31(23-6-4-3-5-7-23)19-28(32)30-14-12-29(13-15-30)18-22-9-11-24-26(17-22)37-20-36-24/h3-11,16-17H,12-15,18-20H2,1-2H3. The number of carbonyl (C=O) groups excluding carboxylic acids is 1. The first kappa shape index (κ1) is 25.9. The molecule has 1 saturated heterocycles. The van der Waals surface area contributed by atoms with E-state index in [-0.39, 0.29) is 29.9 Å². The van der Waals surface area contributed by atoms with E-state index in [4.69, 9.17) is 14.2 Å². The van der Waals surface area contributed by atoms with Crippen molar-refractivity contribution in [1.82, 2.24) is 9.80 Å². The van der Waals surface area contributed by atoms with Crippen LogP contribution in [0.15, 0.2) is 71.6 Å². The number of benzene rings is 3. The number of para-hydroxylation sites is 1. The van der Waals surface area contributed by atoms with Gasteiger partial charge in [0.1, 0.15) is 17.2 Å². The molecule has 0 aromatic heterocycles. The number of fused-ring (bicyclic) bond motifs is 1. The maximum atomic E-state index is 13.9. The van der Waals surface area contributed by atoms with E-state index in [1.165, 1.54) is 11.4 Å². The number of ether oxygens (including phenoxy) is 3. The lowest BCUT2D eigenvalue weighted by molar-refractivity contribution is -0.131. The average Bonchev–Trinajstić information content (AvgIpc) is 3.40. The first-order valence-electron chi connectivity index (χ1n) is 12.5. The molecule has 2 aliphatic heterocycles. The molecule has 9 nitrogen and oxygen atoms in total. The fourth-order valence-electron chi connectivity index (χ4n) is 4.69. The Labute approximate surface area is 223 Å². The Morgan fingerprint density at radius 1 is 0.947 bits per heavy atom. The lowest BCUT2D eigenvalue weighted by Gasteiger charge is -2.36. The van der Waals surface area contributed by atoms with Gasteiger partial charge in [0.25, 0.3) is 10.0 Å². The number of nitrogens with zero attached hydrogens (tertiary/aromatic N) is 3. The van der Waals surface area contributed by atoms with E-state index in [0.717, 1.165) is 29.2 Å². The maximum absolute atomic E-state index is 13.9. The molecule has 1 amide bonds. The van der Waals surface area contributed by atoms with Gasteiger partial charge in [-0.15, -0.1) is 0 Å². The molecule has 0 aliphatic carbocycles. The van der Waals surface area contributed by atoms with Crippen molar-refractivity contribution in [1.29, 1.82) is 0 Å². The second-order valence-corrected chi connectivity index (χ2v) is 11.2. The Morgan fingerprint density at radius 3 is 2.42 bits per heavy atom. The first-order valence-corrected chi connectivity index (χ1v) is 13.9. The highest BCUT2D eigenvalue weighted by Gasteiger charge is 2.32. The van der Waals surface area contributed by atoms with Crippen LogP contribution < -0.4 is 18.5 Å². The molecule has 10 heteroatoms. The summed E-state index contributed by atoms with van der Waals surface area (Å²) in [6.45, 7) is 4.89. The molecule has 3 aromatic carbocycles. The Balaban J connectivity index is 1.29. The van der Waals surface area contributed by atoms with Gasteiger partial charge in [-0.2, -0.15) is 0 Å². The minimum atomic E-state index is -4.08. The van der Waals surface area contributed by atoms with Crippen LogP contribution >= 0.6 is 0 Å². The predicted molar refractivity (Wildman–Crippen MR) is 143 cm³/mol. The Morgan fingerprint density at radius 2 is 1.68 bits per heavy atom. The van der Waals surface area contributed by atoms with Gasteiger partial charge in [0.2, 0.25) is 12.7 Å². The van der Waals surface area contributed by atoms with Crippen LogP contribution in [-0.2, 0) is 21.4 Å². The molecule has 0 saturated carbocycles. The van der Waals surface area contributed by atoms with Crippen molar-refractivity contribution in [3.8, 4) is 17.2 Å². The second kappa shape index (κ2) is 10.9. The van der Waals surface area contributed by atoms with Crippen LogP contribution in [0.3, 0.4) is 0 Å². The number of hydrogen-bond acceptors (Lipinski definition) is 7. The van der Waals surface area contributed by atoms with Gasteiger partial charge >= 0.3 is 0 Å². The van der Waals surface area contributed by atoms with E-state index >= 15 is 0 Å². The summed E-state index contributed by atoms with van der Waals surface area (Å²) in [7, 11) is -2.65. The van der Waals surface area contributed by atoms with Gasteiger partial charge in [-0.3, -0.25) is 14.0 Å². The summed E-state index contributed by atoms with van der Waals surface area (Å²) in [5.41, 5.74) is 2.32. The zero-order valence-corrected chi connectivity index (χ0v) is 22.3. The highest BCUT2D eigenvalue weighted by molar-refractivity contribution is 7.93. The van der Waals surface area contributed by atoms with Crippen molar-refractivity contribution in [2.24, 2.45) is 0 Å². The lowest BCUT2D eigenvalue weighted by Crippen LogP contribution is -2.51. The smallest absolute Gasteiger partial charge is 0.268 e. The number of hydrogen-bond donors (Lipinski definition) is 0. The van der Waals surface area contributed by atoms with Crippen molar-refractivity contribution in [2.75, 3.05) is 50.9 Å². The highest BCUT2D eigenvalue weighted by atomic mass is 32.2. The van der Waals surface area contributed by atoms with Crippen LogP contribution in [0.2, 0.25) is 0 Å². The van der Waals surface area contributed by atoms with E-state index in [1.807, 2.05) is 31.2 Å². The van der Waals surface area contributed by atoms with E-state index in [2.05, 4.69) is 4.90 Å². The number of methoxy groups -OCH3 is 1. The molecule has 0 atom stereocenters. The van der Waals surface area contributed by atoms with Gasteiger partial charge in [-0.25, -0.2) is 8.42 Å². The second-order valence-electron chi connectivity index (χ2n) is 9.35. The van der Waals surface area contributed by atoms with Crippen LogP contribution in [0.4, 0.5) is 5.69 Å². The van der Waals surface area contributed by atoms with Crippen LogP contribution in [0.25, 0.3) is 0 Å². The molecule has 0 unspecified atom stereocenters. The Kier molecular flexibility index (Phi) is 7.44. The van der Waals surface area contributed by atoms with Gasteiger partial charge < -0.3 is 19.1 Å². The summed E-state index contributed by atoms with van der Waals surface area (Å²) in [5, 5.41) is 0. The lowest BCUT2D eigenvalue weighted by atomic mass is 10.1. The number of amides is 1. The maximum Gasteiger partial charge on any atom is 0.268 e. The molecule has 200 valence electrons. The highest BCUT2D eigenvalue weighted by Crippen LogP contribution is 2.33. The van der Waals surface area contributed by atoms with Crippen LogP contribution in [0.1, 0.15) is 11.1 Å². The third-order valence-corrected chi connectivity index (χ3v) is 8.57. The van der Waals surface area contributed by atoms with Gasteiger partial charge in [0, 0.05) is 32.7 Å². The van der Waals surface area contributed by atoms with Crippen LogP contribution in [0, 0.1) is 6.92 Å². The largest absolute Gasteiger partial charge is 0.495 e. The Bertz CT molecular complexity index is 1410. The number of rotatable bonds is 8. The molecule has 0 N–H and O–H groups in total. The zero-order valence-electron chi connectivity index (χ0n) is 21.5. The summed E-state index contributed by atoms with van der Waals surface area (Å²) in [6, 6.07) is 19.6. The van der Waals surface area contributed by atoms with Gasteiger partial charge in [-0.05, 0) is 54.4 Å². The topological polar surface area (TPSA) is 88.6 Å². The summed E-state index contributed by atoms with van der Waals surface area (Å²) in [6.07, 6.45) is 0. The van der Waals surface area contributed by atoms with Crippen LogP contribution in [-0.4, -0.2) is 70.8 Å². The number of anilines is 1. The molecule has 0 radical (unpaired) electrons. The summed E-state index contributed by atoms with van der Waals surface area (Å²) in [5.74, 6) is 1.50. The molecular formula is C28H31N3O6S. The summed E-state index contributed by atoms with van der Waals surface area (Å²) in [4.78, 5) is 17.4. The van der Waals surface area contributed by atoms with Crippen LogP contribution in [0.5, 0.6) is 17.2 Å². The fraction of sp³-hybridized carbons (Fsp3) is 0.321. The van der Waals surface area contributed by atoms with E-state index < -0.39 is 10.0 Å². The quantitative estimate of drug-likeness (QED) is 0.436. The average molecular weight is 538 g/mol. The SMILES string of the molecule is COc1ccc(C)cc1S(=O)(=O)N(CC(=O)N1CCN(Cc2ccc3c(c2)OCO3)CC1)c1ccccc1. The number of sulfonamides is 1. The molecule has 0 bridgehead atoms. The minimum absolute atomic E-state index is 0.0326. The fourth-order valence-corrected chi connectivity index (χ4v) is 6.35. The van der Waals surface area contributed by atoms with Crippen molar-refractivity contribution >= 4 is 21.6 Å². The molecule has 1 fully saturated rings. The molecule has 2 aliphatic rings. The monoisotopic (exact) mass is 537 g/mol. The number of aryl methyl sites for hydroxylation is 1. The summed E-state index contributed by atoms with van der Waals surface area (Å²) >= 11 is 0. The van der Waals surface area contributed by atoms with E-state index in [1.54, 1.807) is 47.4 Å². The number of carbonyl (C=O) groups is 1. The summed E-state index contributed by atoms with van der Waals surface area (Å²) < 4.78 is 45.1. The van der Waals surface area contributed by atoms with Crippen molar-refractivity contribution in [2.45, 2.75) is 18.4 Å². The number of piperazine rings is 1. The molecule has 38 heavy (non-hydrogen) atoms. The zero-order chi connectivity index (χ0) is 26.7. The molecule has 5 rings (SSSR count). The predicted octanol–water partition coefficient (Wildman–Crippen LogP) is 3.27. The van der Waals surface area contributed by atoms with E-state index in [9.17, 15) is 13.2 Å². The van der Waals surface area contributed by atoms with Gasteiger partial charge in [0.05, 0.1) is 12.8 Å². The molecule has 3 aromatic rings. The molecule has 2 heterocycles. The molecule has 0 spiro atoms. The van der Waals surface area contributed by atoms with E-state index in [0.29, 0.717) is 31.9 Å². The molecular weight excluding hydrogens is 506 g/mol. The van der Waals surface area contributed by atoms with Crippen molar-refractivity contribution in [3.05, 3.63) is 77.9 Å². The minimum Gasteiger partial charge on any atom is -0.495 e. The third-order valence-electron chi connectivity index (χ3n) is 6.78. The van der Waals surface area contributed by atoms with Gasteiger partial charge in [0.15, 0.2) is 11.5 Å². The van der Waals surface area contributed by atoms with Crippen molar-refractivity contribution in [3.63, 3.8) is 0 Å². The van der Waals surface area contributed by atoms with Crippen molar-refractivity contribution < 1.29 is 27.4 Å². The third kappa shape index (κ3) is 5.41. The Hall–Kier alpha value is -3.76.